The van der Waals surface area contributed by atoms with Crippen LogP contribution in [0, 0.1) is 0 Å². The smallest absolute Gasteiger partial charge is 0.264 e. The topological polar surface area (TPSA) is 80.9 Å². The summed E-state index contributed by atoms with van der Waals surface area (Å²) in [7, 11) is -4.03. The van der Waals surface area contributed by atoms with Crippen molar-refractivity contribution in [1.82, 2.24) is 0 Å². The lowest BCUT2D eigenvalue weighted by Gasteiger charge is -2.27. The number of hydrogen-bond acceptors (Lipinski definition) is 5. The minimum Gasteiger partial charge on any atom is -0.344 e. The molecule has 3 aliphatic rings. The van der Waals surface area contributed by atoms with Crippen LogP contribution in [0.4, 0.5) is 11.4 Å². The predicted octanol–water partition coefficient (Wildman–Crippen LogP) is 8.78. The van der Waals surface area contributed by atoms with Crippen molar-refractivity contribution < 1.29 is 22.1 Å². The summed E-state index contributed by atoms with van der Waals surface area (Å²) < 4.78 is 43.9. The number of fused-ring (bicyclic) bond motifs is 2. The van der Waals surface area contributed by atoms with Gasteiger partial charge < -0.3 is 9.45 Å². The number of nitrogens with zero attached hydrogens (tertiary/aromatic N) is 2. The molecule has 0 bridgehead atoms. The molecule has 0 atom stereocenters. The fourth-order valence-electron chi connectivity index (χ4n) is 7.02. The van der Waals surface area contributed by atoms with Gasteiger partial charge in [-0.15, -0.1) is 0 Å². The number of allylic oxidation sites excluding steroid dienone is 8. The maximum atomic E-state index is 11.4. The Hall–Kier alpha value is -2.62. The van der Waals surface area contributed by atoms with E-state index in [9.17, 15) is 17.5 Å². The van der Waals surface area contributed by atoms with Crippen molar-refractivity contribution in [3.05, 3.63) is 106 Å². The van der Waals surface area contributed by atoms with Crippen molar-refractivity contribution in [1.29, 1.82) is 0 Å². The Balaban J connectivity index is 1.47. The van der Waals surface area contributed by atoms with Gasteiger partial charge in [0, 0.05) is 58.3 Å². The minimum absolute atomic E-state index is 0.161. The highest BCUT2D eigenvalue weighted by molar-refractivity contribution is 7.93. The molecule has 0 spiro atoms. The Morgan fingerprint density at radius 3 is 2.40 bits per heavy atom. The largest absolute Gasteiger partial charge is 0.344 e. The summed E-state index contributed by atoms with van der Waals surface area (Å²) in [6.07, 6.45) is 12.7. The first-order valence-corrected chi connectivity index (χ1v) is 18.6. The molecule has 0 unspecified atom stereocenters. The number of hydrogen-bond donors (Lipinski definition) is 2. The molecule has 2 aromatic rings. The summed E-state index contributed by atoms with van der Waals surface area (Å²) in [5.41, 5.74) is 8.87. The SMILES string of the molecule is CC1(C)C(=CC=C2CCCC(C=CC3=[N+](CCCSO)c4ccccc4C3(C)C)=C2Cl)N(CCCS(=O)(=O)O)c2ccccc21. The molecule has 2 aliphatic heterocycles. The van der Waals surface area contributed by atoms with Crippen LogP contribution < -0.4 is 4.90 Å². The highest BCUT2D eigenvalue weighted by Crippen LogP contribution is 2.48. The number of rotatable bonds is 11. The van der Waals surface area contributed by atoms with Crippen molar-refractivity contribution >= 4 is 50.8 Å². The average molecular weight is 668 g/mol. The summed E-state index contributed by atoms with van der Waals surface area (Å²) in [5, 5.41) is 0.790. The highest BCUT2D eigenvalue weighted by Gasteiger charge is 2.44. The lowest BCUT2D eigenvalue weighted by Crippen LogP contribution is -2.28. The Labute approximate surface area is 277 Å². The molecule has 0 radical (unpaired) electrons. The molecule has 0 fully saturated rings. The first kappa shape index (κ1) is 33.7. The first-order chi connectivity index (χ1) is 21.4. The molecule has 240 valence electrons. The van der Waals surface area contributed by atoms with Gasteiger partial charge in [0.2, 0.25) is 5.69 Å². The molecular formula is C36H44ClN2O4S2+. The van der Waals surface area contributed by atoms with E-state index in [1.54, 1.807) is 0 Å². The van der Waals surface area contributed by atoms with E-state index in [0.717, 1.165) is 71.8 Å². The zero-order chi connectivity index (χ0) is 32.4. The maximum absolute atomic E-state index is 11.4. The zero-order valence-corrected chi connectivity index (χ0v) is 29.0. The quantitative estimate of drug-likeness (QED) is 0.108. The fourth-order valence-corrected chi connectivity index (χ4v) is 8.09. The van der Waals surface area contributed by atoms with E-state index in [1.807, 2.05) is 12.1 Å². The molecule has 2 aromatic carbocycles. The van der Waals surface area contributed by atoms with E-state index in [-0.39, 0.29) is 16.6 Å². The van der Waals surface area contributed by atoms with E-state index in [0.29, 0.717) is 18.7 Å². The Bertz CT molecular complexity index is 1720. The van der Waals surface area contributed by atoms with Crippen LogP contribution >= 0.6 is 23.6 Å². The van der Waals surface area contributed by atoms with Crippen LogP contribution in [0.2, 0.25) is 0 Å². The zero-order valence-electron chi connectivity index (χ0n) is 26.6. The molecule has 2 heterocycles. The third-order valence-electron chi connectivity index (χ3n) is 9.34. The van der Waals surface area contributed by atoms with Crippen LogP contribution in [0.3, 0.4) is 0 Å². The number of halogens is 1. The van der Waals surface area contributed by atoms with Gasteiger partial charge in [-0.1, -0.05) is 74.0 Å². The Morgan fingerprint density at radius 2 is 1.67 bits per heavy atom. The molecule has 0 amide bonds. The van der Waals surface area contributed by atoms with E-state index in [4.69, 9.17) is 11.6 Å². The van der Waals surface area contributed by atoms with Gasteiger partial charge in [-0.3, -0.25) is 4.55 Å². The third-order valence-corrected chi connectivity index (χ3v) is 11.1. The molecule has 45 heavy (non-hydrogen) atoms. The maximum Gasteiger partial charge on any atom is 0.264 e. The van der Waals surface area contributed by atoms with Gasteiger partial charge in [0.15, 0.2) is 5.71 Å². The van der Waals surface area contributed by atoms with E-state index < -0.39 is 10.1 Å². The summed E-state index contributed by atoms with van der Waals surface area (Å²) in [5.74, 6) is 0.417. The summed E-state index contributed by atoms with van der Waals surface area (Å²) in [6, 6.07) is 16.8. The fraction of sp³-hybridized carbons (Fsp3) is 0.417. The number of anilines is 1. The monoisotopic (exact) mass is 667 g/mol. The van der Waals surface area contributed by atoms with E-state index in [2.05, 4.69) is 97.9 Å². The first-order valence-electron chi connectivity index (χ1n) is 15.7. The molecule has 0 saturated carbocycles. The van der Waals surface area contributed by atoms with Crippen LogP contribution in [-0.4, -0.2) is 52.4 Å². The van der Waals surface area contributed by atoms with Crippen molar-refractivity contribution in [2.75, 3.05) is 29.5 Å². The van der Waals surface area contributed by atoms with Crippen molar-refractivity contribution in [3.8, 4) is 0 Å². The van der Waals surface area contributed by atoms with Crippen LogP contribution in [0.15, 0.2) is 94.7 Å². The van der Waals surface area contributed by atoms with Crippen molar-refractivity contribution in [3.63, 3.8) is 0 Å². The summed E-state index contributed by atoms with van der Waals surface area (Å²) in [4.78, 5) is 2.18. The normalized spacial score (nSPS) is 21.0. The third kappa shape index (κ3) is 7.05. The molecule has 0 saturated heterocycles. The van der Waals surface area contributed by atoms with Gasteiger partial charge >= 0.3 is 0 Å². The number of para-hydroxylation sites is 2. The average Bonchev–Trinajstić information content (AvgIpc) is 3.34. The molecule has 6 nitrogen and oxygen atoms in total. The second kappa shape index (κ2) is 13.6. The van der Waals surface area contributed by atoms with Gasteiger partial charge in [0.1, 0.15) is 6.54 Å². The minimum atomic E-state index is -4.03. The van der Waals surface area contributed by atoms with Crippen LogP contribution in [0.25, 0.3) is 0 Å². The molecule has 2 N–H and O–H groups in total. The van der Waals surface area contributed by atoms with Crippen molar-refractivity contribution in [2.45, 2.75) is 70.6 Å². The standard InChI is InChI=1S/C36H43ClN2O4S2/c1-35(2)28-14-5-7-16-30(28)38(22-10-24-44-40)32(35)20-18-26-12-9-13-27(34(26)37)19-21-33-36(3,4)29-15-6-8-17-31(29)39(33)23-11-25-45(41,42)43/h5-8,14-21H,9-13,22-25H2,1-4H3,(H-,40,41,42,43)/p+1. The summed E-state index contributed by atoms with van der Waals surface area (Å²) in [6.45, 7) is 10.2. The molecule has 9 heteroatoms. The van der Waals surface area contributed by atoms with Crippen LogP contribution in [-0.2, 0) is 20.9 Å². The molecule has 1 aliphatic carbocycles. The predicted molar refractivity (Wildman–Crippen MR) is 189 cm³/mol. The van der Waals surface area contributed by atoms with Gasteiger partial charge in [0.25, 0.3) is 10.1 Å². The van der Waals surface area contributed by atoms with Crippen molar-refractivity contribution in [2.24, 2.45) is 0 Å². The van der Waals surface area contributed by atoms with Gasteiger partial charge in [-0.2, -0.15) is 13.0 Å². The second-order valence-corrected chi connectivity index (χ2v) is 15.7. The molecule has 5 rings (SSSR count). The highest BCUT2D eigenvalue weighted by atomic mass is 35.5. The van der Waals surface area contributed by atoms with Gasteiger partial charge in [-0.25, -0.2) is 0 Å². The van der Waals surface area contributed by atoms with E-state index >= 15 is 0 Å². The van der Waals surface area contributed by atoms with Crippen LogP contribution in [0.5, 0.6) is 0 Å². The second-order valence-electron chi connectivity index (χ2n) is 13.1. The van der Waals surface area contributed by atoms with Gasteiger partial charge in [-0.05, 0) is 80.4 Å². The lowest BCUT2D eigenvalue weighted by molar-refractivity contribution is -0.437. The number of benzene rings is 2. The van der Waals surface area contributed by atoms with E-state index in [1.165, 1.54) is 22.5 Å². The molecule has 0 aromatic heterocycles. The molecular weight excluding hydrogens is 624 g/mol. The van der Waals surface area contributed by atoms with Crippen LogP contribution in [0.1, 0.15) is 70.9 Å². The van der Waals surface area contributed by atoms with Gasteiger partial charge in [0.05, 0.1) is 11.2 Å². The Morgan fingerprint density at radius 1 is 0.956 bits per heavy atom. The lowest BCUT2D eigenvalue weighted by atomic mass is 9.81. The summed E-state index contributed by atoms with van der Waals surface area (Å²) >= 11 is 8.01. The Kier molecular flexibility index (Phi) is 10.2.